The lowest BCUT2D eigenvalue weighted by Crippen LogP contribution is -2.19. The summed E-state index contributed by atoms with van der Waals surface area (Å²) in [4.78, 5) is 0. The van der Waals surface area contributed by atoms with Gasteiger partial charge in [0.15, 0.2) is 0 Å². The van der Waals surface area contributed by atoms with Crippen molar-refractivity contribution in [1.82, 2.24) is 0 Å². The molecule has 0 radical (unpaired) electrons. The molecule has 1 aliphatic carbocycles. The SMILES string of the molecule is NC1Cc2ccc3ccccc3c2C1. The number of hydrogen-bond acceptors (Lipinski definition) is 1. The summed E-state index contributed by atoms with van der Waals surface area (Å²) in [5.74, 6) is 0. The Bertz CT molecular complexity index is 488. The molecule has 0 bridgehead atoms. The zero-order valence-electron chi connectivity index (χ0n) is 8.03. The minimum Gasteiger partial charge on any atom is -0.327 e. The molecule has 0 amide bonds. The van der Waals surface area contributed by atoms with Gasteiger partial charge in [0.2, 0.25) is 0 Å². The molecule has 1 nitrogen and oxygen atoms in total. The molecule has 1 heteroatoms. The summed E-state index contributed by atoms with van der Waals surface area (Å²) in [6.45, 7) is 0. The standard InChI is InChI=1S/C13H13N/c14-11-7-10-6-5-9-3-1-2-4-12(9)13(10)8-11/h1-6,11H,7-8,14H2. The van der Waals surface area contributed by atoms with Gasteiger partial charge in [0.25, 0.3) is 0 Å². The minimum atomic E-state index is 0.329. The van der Waals surface area contributed by atoms with Gasteiger partial charge >= 0.3 is 0 Å². The van der Waals surface area contributed by atoms with Crippen molar-refractivity contribution < 1.29 is 0 Å². The molecule has 0 aliphatic heterocycles. The Morgan fingerprint density at radius 1 is 1.00 bits per heavy atom. The molecule has 1 aliphatic rings. The molecular formula is C13H13N. The van der Waals surface area contributed by atoms with Gasteiger partial charge in [-0.15, -0.1) is 0 Å². The van der Waals surface area contributed by atoms with Crippen molar-refractivity contribution in [3.05, 3.63) is 47.5 Å². The molecule has 70 valence electrons. The summed E-state index contributed by atoms with van der Waals surface area (Å²) < 4.78 is 0. The zero-order chi connectivity index (χ0) is 9.54. The summed E-state index contributed by atoms with van der Waals surface area (Å²) >= 11 is 0. The quantitative estimate of drug-likeness (QED) is 0.666. The van der Waals surface area contributed by atoms with Gasteiger partial charge in [-0.2, -0.15) is 0 Å². The summed E-state index contributed by atoms with van der Waals surface area (Å²) in [7, 11) is 0. The van der Waals surface area contributed by atoms with Crippen LogP contribution in [-0.4, -0.2) is 6.04 Å². The third-order valence-corrected chi connectivity index (χ3v) is 3.09. The number of rotatable bonds is 0. The molecular weight excluding hydrogens is 170 g/mol. The van der Waals surface area contributed by atoms with Crippen LogP contribution in [0, 0.1) is 0 Å². The van der Waals surface area contributed by atoms with E-state index in [1.165, 1.54) is 21.9 Å². The summed E-state index contributed by atoms with van der Waals surface area (Å²) in [5.41, 5.74) is 8.89. The summed E-state index contributed by atoms with van der Waals surface area (Å²) in [5, 5.41) is 2.72. The molecule has 14 heavy (non-hydrogen) atoms. The fourth-order valence-corrected chi connectivity index (χ4v) is 2.43. The van der Waals surface area contributed by atoms with Crippen molar-refractivity contribution in [3.63, 3.8) is 0 Å². The van der Waals surface area contributed by atoms with Crippen LogP contribution >= 0.6 is 0 Å². The van der Waals surface area contributed by atoms with Crippen molar-refractivity contribution >= 4 is 10.8 Å². The lowest BCUT2D eigenvalue weighted by Gasteiger charge is -2.04. The van der Waals surface area contributed by atoms with E-state index in [1.54, 1.807) is 0 Å². The van der Waals surface area contributed by atoms with E-state index in [0.29, 0.717) is 6.04 Å². The van der Waals surface area contributed by atoms with Crippen LogP contribution in [0.2, 0.25) is 0 Å². The van der Waals surface area contributed by atoms with Crippen LogP contribution in [0.1, 0.15) is 11.1 Å². The van der Waals surface area contributed by atoms with Gasteiger partial charge in [-0.05, 0) is 34.7 Å². The van der Waals surface area contributed by atoms with Gasteiger partial charge in [-0.1, -0.05) is 36.4 Å². The zero-order valence-corrected chi connectivity index (χ0v) is 8.03. The number of fused-ring (bicyclic) bond motifs is 3. The molecule has 2 N–H and O–H groups in total. The summed E-state index contributed by atoms with van der Waals surface area (Å²) in [6, 6.07) is 13.3. The van der Waals surface area contributed by atoms with Crippen LogP contribution in [-0.2, 0) is 12.8 Å². The highest BCUT2D eigenvalue weighted by atomic mass is 14.6. The van der Waals surface area contributed by atoms with Crippen LogP contribution in [0.3, 0.4) is 0 Å². The normalized spacial score (nSPS) is 19.9. The molecule has 0 spiro atoms. The Balaban J connectivity index is 2.33. The number of hydrogen-bond donors (Lipinski definition) is 1. The average Bonchev–Trinajstić information content (AvgIpc) is 2.59. The van der Waals surface area contributed by atoms with E-state index in [0.717, 1.165) is 12.8 Å². The molecule has 1 unspecified atom stereocenters. The third kappa shape index (κ3) is 1.06. The topological polar surface area (TPSA) is 26.0 Å². The van der Waals surface area contributed by atoms with Crippen LogP contribution in [0.15, 0.2) is 36.4 Å². The molecule has 0 saturated heterocycles. The predicted octanol–water partition coefficient (Wildman–Crippen LogP) is 2.27. The predicted molar refractivity (Wildman–Crippen MR) is 59.3 cm³/mol. The number of benzene rings is 2. The Labute approximate surface area is 83.5 Å². The lowest BCUT2D eigenvalue weighted by molar-refractivity contribution is 0.722. The Kier molecular flexibility index (Phi) is 1.62. The second-order valence-corrected chi connectivity index (χ2v) is 4.09. The monoisotopic (exact) mass is 183 g/mol. The van der Waals surface area contributed by atoms with Gasteiger partial charge in [0, 0.05) is 6.04 Å². The van der Waals surface area contributed by atoms with Crippen molar-refractivity contribution in [2.75, 3.05) is 0 Å². The van der Waals surface area contributed by atoms with E-state index < -0.39 is 0 Å². The smallest absolute Gasteiger partial charge is 0.0120 e. The highest BCUT2D eigenvalue weighted by Gasteiger charge is 2.19. The molecule has 0 fully saturated rings. The van der Waals surface area contributed by atoms with E-state index in [-0.39, 0.29) is 0 Å². The second kappa shape index (κ2) is 2.82. The van der Waals surface area contributed by atoms with Crippen LogP contribution in [0.5, 0.6) is 0 Å². The first kappa shape index (κ1) is 8.01. The maximum absolute atomic E-state index is 5.98. The molecule has 0 saturated carbocycles. The van der Waals surface area contributed by atoms with Crippen LogP contribution < -0.4 is 5.73 Å². The Morgan fingerprint density at radius 2 is 1.86 bits per heavy atom. The van der Waals surface area contributed by atoms with E-state index in [1.807, 2.05) is 0 Å². The molecule has 0 aromatic heterocycles. The van der Waals surface area contributed by atoms with Gasteiger partial charge in [0.1, 0.15) is 0 Å². The summed E-state index contributed by atoms with van der Waals surface area (Å²) in [6.07, 6.45) is 2.08. The van der Waals surface area contributed by atoms with Crippen molar-refractivity contribution in [1.29, 1.82) is 0 Å². The molecule has 2 aromatic rings. The molecule has 1 atom stereocenters. The Morgan fingerprint density at radius 3 is 2.79 bits per heavy atom. The minimum absolute atomic E-state index is 0.329. The van der Waals surface area contributed by atoms with E-state index in [9.17, 15) is 0 Å². The fourth-order valence-electron chi connectivity index (χ4n) is 2.43. The van der Waals surface area contributed by atoms with Gasteiger partial charge < -0.3 is 5.73 Å². The molecule has 2 aromatic carbocycles. The maximum Gasteiger partial charge on any atom is 0.0120 e. The van der Waals surface area contributed by atoms with Crippen LogP contribution in [0.4, 0.5) is 0 Å². The first-order valence-electron chi connectivity index (χ1n) is 5.09. The highest BCUT2D eigenvalue weighted by molar-refractivity contribution is 5.87. The largest absolute Gasteiger partial charge is 0.327 e. The number of nitrogens with two attached hydrogens (primary N) is 1. The lowest BCUT2D eigenvalue weighted by atomic mass is 10.0. The van der Waals surface area contributed by atoms with Crippen molar-refractivity contribution in [2.45, 2.75) is 18.9 Å². The molecule has 0 heterocycles. The maximum atomic E-state index is 5.98. The van der Waals surface area contributed by atoms with Crippen LogP contribution in [0.25, 0.3) is 10.8 Å². The van der Waals surface area contributed by atoms with E-state index in [4.69, 9.17) is 5.73 Å². The fraction of sp³-hybridized carbons (Fsp3) is 0.231. The van der Waals surface area contributed by atoms with Crippen molar-refractivity contribution in [3.8, 4) is 0 Å². The Hall–Kier alpha value is -1.34. The third-order valence-electron chi connectivity index (χ3n) is 3.09. The van der Waals surface area contributed by atoms with Gasteiger partial charge in [0.05, 0.1) is 0 Å². The second-order valence-electron chi connectivity index (χ2n) is 4.09. The van der Waals surface area contributed by atoms with E-state index in [2.05, 4.69) is 36.4 Å². The van der Waals surface area contributed by atoms with Gasteiger partial charge in [-0.3, -0.25) is 0 Å². The van der Waals surface area contributed by atoms with Crippen molar-refractivity contribution in [2.24, 2.45) is 5.73 Å². The molecule has 3 rings (SSSR count). The highest BCUT2D eigenvalue weighted by Crippen LogP contribution is 2.28. The average molecular weight is 183 g/mol. The first-order valence-corrected chi connectivity index (χ1v) is 5.09. The van der Waals surface area contributed by atoms with Gasteiger partial charge in [-0.25, -0.2) is 0 Å². The van der Waals surface area contributed by atoms with E-state index >= 15 is 0 Å². The first-order chi connectivity index (χ1) is 6.84.